The first-order valence-corrected chi connectivity index (χ1v) is 7.20. The third-order valence-electron chi connectivity index (χ3n) is 3.55. The van der Waals surface area contributed by atoms with Crippen LogP contribution in [0.3, 0.4) is 0 Å². The van der Waals surface area contributed by atoms with Gasteiger partial charge in [-0.2, -0.15) is 0 Å². The molecular formula is C17H14N4O2. The minimum absolute atomic E-state index is 0.260. The number of benzene rings is 2. The maximum atomic E-state index is 5.77. The fourth-order valence-corrected chi connectivity index (χ4v) is 2.47. The lowest BCUT2D eigenvalue weighted by Crippen LogP contribution is -1.99. The Morgan fingerprint density at radius 1 is 1.00 bits per heavy atom. The zero-order chi connectivity index (χ0) is 15.6. The summed E-state index contributed by atoms with van der Waals surface area (Å²) in [4.78, 5) is 8.93. The molecule has 0 radical (unpaired) electrons. The number of methoxy groups -OCH3 is 1. The average Bonchev–Trinajstić information content (AvgIpc) is 3.04. The highest BCUT2D eigenvalue weighted by Crippen LogP contribution is 2.26. The Morgan fingerprint density at radius 2 is 1.78 bits per heavy atom. The highest BCUT2D eigenvalue weighted by molar-refractivity contribution is 5.90. The van der Waals surface area contributed by atoms with Crippen molar-refractivity contribution in [3.8, 4) is 11.5 Å². The summed E-state index contributed by atoms with van der Waals surface area (Å²) in [6.45, 7) is 0.260. The molecule has 6 heteroatoms. The van der Waals surface area contributed by atoms with E-state index in [-0.39, 0.29) is 6.61 Å². The summed E-state index contributed by atoms with van der Waals surface area (Å²) in [5.41, 5.74) is 1.67. The summed E-state index contributed by atoms with van der Waals surface area (Å²) >= 11 is 0. The second kappa shape index (κ2) is 5.57. The van der Waals surface area contributed by atoms with E-state index in [1.165, 1.54) is 0 Å². The van der Waals surface area contributed by atoms with Gasteiger partial charge in [-0.3, -0.25) is 0 Å². The molecule has 0 saturated carbocycles. The Kier molecular flexibility index (Phi) is 3.27. The second-order valence-electron chi connectivity index (χ2n) is 5.00. The predicted molar refractivity (Wildman–Crippen MR) is 85.6 cm³/mol. The monoisotopic (exact) mass is 306 g/mol. The minimum Gasteiger partial charge on any atom is -0.493 e. The predicted octanol–water partition coefficient (Wildman–Crippen LogP) is 2.87. The van der Waals surface area contributed by atoms with Gasteiger partial charge in [-0.15, -0.1) is 5.10 Å². The number of ether oxygens (including phenoxy) is 2. The Morgan fingerprint density at radius 3 is 2.65 bits per heavy atom. The molecule has 0 aliphatic carbocycles. The van der Waals surface area contributed by atoms with E-state index in [0.29, 0.717) is 17.3 Å². The summed E-state index contributed by atoms with van der Waals surface area (Å²) < 4.78 is 12.7. The van der Waals surface area contributed by atoms with Gasteiger partial charge in [0, 0.05) is 5.39 Å². The summed E-state index contributed by atoms with van der Waals surface area (Å²) in [5, 5.41) is 5.37. The molecule has 0 spiro atoms. The van der Waals surface area contributed by atoms with Crippen molar-refractivity contribution < 1.29 is 9.47 Å². The van der Waals surface area contributed by atoms with Crippen molar-refractivity contribution in [1.29, 1.82) is 0 Å². The van der Waals surface area contributed by atoms with Crippen molar-refractivity contribution in [2.24, 2.45) is 0 Å². The Balaban J connectivity index is 1.66. The molecule has 114 valence electrons. The molecule has 0 amide bonds. The first-order valence-electron chi connectivity index (χ1n) is 7.20. The highest BCUT2D eigenvalue weighted by Gasteiger charge is 2.10. The van der Waals surface area contributed by atoms with Crippen LogP contribution in [-0.2, 0) is 6.61 Å². The van der Waals surface area contributed by atoms with Crippen LogP contribution >= 0.6 is 0 Å². The van der Waals surface area contributed by atoms with Crippen molar-refractivity contribution in [3.05, 3.63) is 60.7 Å². The lowest BCUT2D eigenvalue weighted by molar-refractivity contribution is 0.276. The van der Waals surface area contributed by atoms with Gasteiger partial charge in [-0.1, -0.05) is 24.3 Å². The topological polar surface area (TPSA) is 61.5 Å². The number of aromatic nitrogens is 4. The number of nitrogens with zero attached hydrogens (tertiary/aromatic N) is 4. The van der Waals surface area contributed by atoms with Crippen LogP contribution in [0.1, 0.15) is 5.82 Å². The number of fused-ring (bicyclic) bond motifs is 3. The lowest BCUT2D eigenvalue weighted by Gasteiger charge is -2.08. The van der Waals surface area contributed by atoms with Crippen LogP contribution in [0.15, 0.2) is 54.9 Å². The van der Waals surface area contributed by atoms with E-state index in [2.05, 4.69) is 15.1 Å². The van der Waals surface area contributed by atoms with E-state index in [9.17, 15) is 0 Å². The van der Waals surface area contributed by atoms with Crippen LogP contribution < -0.4 is 9.47 Å². The van der Waals surface area contributed by atoms with Gasteiger partial charge >= 0.3 is 0 Å². The summed E-state index contributed by atoms with van der Waals surface area (Å²) in [7, 11) is 1.61. The molecular weight excluding hydrogens is 292 g/mol. The Bertz CT molecular complexity index is 981. The molecule has 0 fully saturated rings. The standard InChI is InChI=1S/C17H14N4O2/c1-22-14-8-4-5-9-15(14)23-10-16-19-17-12-6-2-3-7-13(12)18-11-21(17)20-16/h2-9,11H,10H2,1H3. The zero-order valence-electron chi connectivity index (χ0n) is 12.5. The van der Waals surface area contributed by atoms with Crippen molar-refractivity contribution in [2.45, 2.75) is 6.61 Å². The molecule has 0 atom stereocenters. The van der Waals surface area contributed by atoms with Crippen LogP contribution in [-0.4, -0.2) is 26.7 Å². The van der Waals surface area contributed by atoms with E-state index < -0.39 is 0 Å². The largest absolute Gasteiger partial charge is 0.493 e. The van der Waals surface area contributed by atoms with Gasteiger partial charge in [0.15, 0.2) is 23.0 Å². The van der Waals surface area contributed by atoms with Gasteiger partial charge in [0.25, 0.3) is 0 Å². The van der Waals surface area contributed by atoms with E-state index in [4.69, 9.17) is 9.47 Å². The first kappa shape index (κ1) is 13.5. The maximum Gasteiger partial charge on any atom is 0.189 e. The third kappa shape index (κ3) is 2.44. The maximum absolute atomic E-state index is 5.77. The van der Waals surface area contributed by atoms with Crippen molar-refractivity contribution >= 4 is 16.6 Å². The molecule has 0 aliphatic rings. The SMILES string of the molecule is COc1ccccc1OCc1nc2c3ccccc3ncn2n1. The van der Waals surface area contributed by atoms with Crippen molar-refractivity contribution in [3.63, 3.8) is 0 Å². The molecule has 0 aliphatic heterocycles. The zero-order valence-corrected chi connectivity index (χ0v) is 12.5. The number of para-hydroxylation sites is 3. The van der Waals surface area contributed by atoms with Gasteiger partial charge < -0.3 is 9.47 Å². The van der Waals surface area contributed by atoms with E-state index in [1.54, 1.807) is 18.0 Å². The Labute approximate surface area is 132 Å². The summed E-state index contributed by atoms with van der Waals surface area (Å²) in [6, 6.07) is 15.3. The van der Waals surface area contributed by atoms with E-state index >= 15 is 0 Å². The smallest absolute Gasteiger partial charge is 0.189 e. The molecule has 2 heterocycles. The van der Waals surface area contributed by atoms with Gasteiger partial charge in [0.2, 0.25) is 0 Å². The molecule has 23 heavy (non-hydrogen) atoms. The summed E-state index contributed by atoms with van der Waals surface area (Å²) in [6.07, 6.45) is 1.66. The van der Waals surface area contributed by atoms with Crippen LogP contribution in [0.25, 0.3) is 16.6 Å². The molecule has 2 aromatic heterocycles. The average molecular weight is 306 g/mol. The quantitative estimate of drug-likeness (QED) is 0.580. The van der Waals surface area contributed by atoms with Crippen LogP contribution in [0.5, 0.6) is 11.5 Å². The molecule has 0 bridgehead atoms. The van der Waals surface area contributed by atoms with E-state index in [1.807, 2.05) is 48.5 Å². The Hall–Kier alpha value is -3.15. The van der Waals surface area contributed by atoms with E-state index in [0.717, 1.165) is 16.6 Å². The molecule has 2 aromatic carbocycles. The first-order chi connectivity index (χ1) is 11.3. The van der Waals surface area contributed by atoms with Crippen LogP contribution in [0.4, 0.5) is 0 Å². The number of hydrogen-bond acceptors (Lipinski definition) is 5. The molecule has 0 N–H and O–H groups in total. The number of rotatable bonds is 4. The fraction of sp³-hybridized carbons (Fsp3) is 0.118. The normalized spacial score (nSPS) is 11.0. The van der Waals surface area contributed by atoms with Gasteiger partial charge in [-0.05, 0) is 24.3 Å². The third-order valence-corrected chi connectivity index (χ3v) is 3.55. The van der Waals surface area contributed by atoms with Crippen molar-refractivity contribution in [2.75, 3.05) is 7.11 Å². The molecule has 6 nitrogen and oxygen atoms in total. The van der Waals surface area contributed by atoms with Crippen LogP contribution in [0.2, 0.25) is 0 Å². The fourth-order valence-electron chi connectivity index (χ4n) is 2.47. The van der Waals surface area contributed by atoms with Gasteiger partial charge in [-0.25, -0.2) is 14.5 Å². The van der Waals surface area contributed by atoms with Crippen LogP contribution in [0, 0.1) is 0 Å². The second-order valence-corrected chi connectivity index (χ2v) is 5.00. The minimum atomic E-state index is 0.260. The molecule has 4 aromatic rings. The summed E-state index contributed by atoms with van der Waals surface area (Å²) in [5.74, 6) is 1.94. The van der Waals surface area contributed by atoms with Gasteiger partial charge in [0.1, 0.15) is 12.9 Å². The molecule has 4 rings (SSSR count). The number of hydrogen-bond donors (Lipinski definition) is 0. The molecule has 0 saturated heterocycles. The molecule has 0 unspecified atom stereocenters. The lowest BCUT2D eigenvalue weighted by atomic mass is 10.2. The van der Waals surface area contributed by atoms with Gasteiger partial charge in [0.05, 0.1) is 12.6 Å². The highest BCUT2D eigenvalue weighted by atomic mass is 16.5. The van der Waals surface area contributed by atoms with Crippen molar-refractivity contribution in [1.82, 2.24) is 19.6 Å².